The first-order valence-corrected chi connectivity index (χ1v) is 11.6. The molecular weight excluding hydrogens is 316 g/mol. The topological polar surface area (TPSA) is 20.2 Å². The van der Waals surface area contributed by atoms with Gasteiger partial charge in [-0.25, -0.2) is 0 Å². The number of phenols is 1. The first-order chi connectivity index (χ1) is 12.7. The van der Waals surface area contributed by atoms with Crippen LogP contribution in [0, 0.1) is 17.8 Å². The molecule has 0 amide bonds. The predicted octanol–water partition coefficient (Wildman–Crippen LogP) is 7.08. The molecule has 26 heavy (non-hydrogen) atoms. The summed E-state index contributed by atoms with van der Waals surface area (Å²) >= 11 is 0. The normalized spacial score (nSPS) is 37.9. The van der Waals surface area contributed by atoms with E-state index in [1.165, 1.54) is 95.5 Å². The maximum absolute atomic E-state index is 10.7. The molecule has 142 valence electrons. The highest BCUT2D eigenvalue weighted by Gasteiger charge is 2.51. The molecule has 1 aromatic rings. The highest BCUT2D eigenvalue weighted by Crippen LogP contribution is 2.61. The summed E-state index contributed by atoms with van der Waals surface area (Å²) in [4.78, 5) is 0. The minimum atomic E-state index is 0.454. The molecule has 0 aliphatic heterocycles. The summed E-state index contributed by atoms with van der Waals surface area (Å²) in [5.74, 6) is 4.12. The summed E-state index contributed by atoms with van der Waals surface area (Å²) in [5, 5.41) is 10.7. The number of aromatic hydroxyl groups is 1. The van der Waals surface area contributed by atoms with Crippen LogP contribution in [0.15, 0.2) is 18.2 Å². The fourth-order valence-electron chi connectivity index (χ4n) is 7.62. The molecule has 0 atom stereocenters. The van der Waals surface area contributed by atoms with Crippen LogP contribution >= 0.6 is 0 Å². The molecule has 1 N–H and O–H groups in total. The van der Waals surface area contributed by atoms with E-state index >= 15 is 0 Å². The molecule has 1 heteroatoms. The Morgan fingerprint density at radius 2 is 1.27 bits per heavy atom. The molecule has 0 heterocycles. The summed E-state index contributed by atoms with van der Waals surface area (Å²) in [6, 6.07) is 6.82. The predicted molar refractivity (Wildman–Crippen MR) is 108 cm³/mol. The molecule has 5 fully saturated rings. The molecule has 0 aromatic heterocycles. The summed E-state index contributed by atoms with van der Waals surface area (Å²) in [7, 11) is 0. The average molecular weight is 353 g/mol. The largest absolute Gasteiger partial charge is 0.508 e. The lowest BCUT2D eigenvalue weighted by Crippen LogP contribution is -2.48. The van der Waals surface area contributed by atoms with E-state index in [9.17, 15) is 5.11 Å². The Balaban J connectivity index is 1.45. The van der Waals surface area contributed by atoms with Gasteiger partial charge in [-0.15, -0.1) is 0 Å². The van der Waals surface area contributed by atoms with Gasteiger partial charge in [0.15, 0.2) is 0 Å². The van der Waals surface area contributed by atoms with Crippen LogP contribution in [0.3, 0.4) is 0 Å². The Hall–Kier alpha value is -0.980. The molecule has 1 aromatic carbocycles. The Kier molecular flexibility index (Phi) is 4.53. The smallest absolute Gasteiger partial charge is 0.119 e. The Bertz CT molecular complexity index is 600. The number of phenolic OH excluding ortho intramolecular Hbond substituents is 1. The monoisotopic (exact) mass is 352 g/mol. The highest BCUT2D eigenvalue weighted by molar-refractivity contribution is 5.42. The van der Waals surface area contributed by atoms with Gasteiger partial charge in [0.2, 0.25) is 0 Å². The van der Waals surface area contributed by atoms with Gasteiger partial charge >= 0.3 is 0 Å². The molecule has 5 aliphatic carbocycles. The van der Waals surface area contributed by atoms with Gasteiger partial charge in [0.25, 0.3) is 0 Å². The van der Waals surface area contributed by atoms with E-state index in [0.717, 1.165) is 17.8 Å². The minimum Gasteiger partial charge on any atom is -0.508 e. The third-order valence-electron chi connectivity index (χ3n) is 8.47. The molecule has 0 unspecified atom stereocenters. The molecule has 4 bridgehead atoms. The molecule has 0 saturated heterocycles. The lowest BCUT2D eigenvalue weighted by molar-refractivity contribution is -0.00524. The van der Waals surface area contributed by atoms with Gasteiger partial charge in [-0.05, 0) is 97.6 Å². The third-order valence-corrected chi connectivity index (χ3v) is 8.47. The van der Waals surface area contributed by atoms with Gasteiger partial charge in [-0.2, -0.15) is 0 Å². The molecule has 1 nitrogen and oxygen atoms in total. The molecular formula is C25H36O. The number of hydrogen-bond donors (Lipinski definition) is 1. The van der Waals surface area contributed by atoms with Gasteiger partial charge in [0.05, 0.1) is 0 Å². The second-order valence-corrected chi connectivity index (χ2v) is 10.4. The molecule has 0 spiro atoms. The summed E-state index contributed by atoms with van der Waals surface area (Å²) in [6.45, 7) is 0. The van der Waals surface area contributed by atoms with E-state index in [2.05, 4.69) is 18.2 Å². The lowest BCUT2D eigenvalue weighted by Gasteiger charge is -2.57. The van der Waals surface area contributed by atoms with Crippen LogP contribution < -0.4 is 0 Å². The van der Waals surface area contributed by atoms with Gasteiger partial charge in [0, 0.05) is 0 Å². The fraction of sp³-hybridized carbons (Fsp3) is 0.760. The Labute approximate surface area is 159 Å². The van der Waals surface area contributed by atoms with Gasteiger partial charge < -0.3 is 5.11 Å². The van der Waals surface area contributed by atoms with Crippen molar-refractivity contribution < 1.29 is 5.11 Å². The molecule has 5 aliphatic rings. The van der Waals surface area contributed by atoms with Crippen LogP contribution in [0.25, 0.3) is 0 Å². The van der Waals surface area contributed by atoms with Crippen molar-refractivity contribution in [2.24, 2.45) is 17.8 Å². The zero-order chi connectivity index (χ0) is 17.6. The lowest BCUT2D eigenvalue weighted by atomic mass is 9.48. The van der Waals surface area contributed by atoms with Crippen LogP contribution in [-0.2, 0) is 5.41 Å². The maximum atomic E-state index is 10.7. The molecule has 5 saturated carbocycles. The van der Waals surface area contributed by atoms with Gasteiger partial charge in [0.1, 0.15) is 5.75 Å². The van der Waals surface area contributed by atoms with Crippen molar-refractivity contribution in [2.45, 2.75) is 101 Å². The second-order valence-electron chi connectivity index (χ2n) is 10.4. The summed E-state index contributed by atoms with van der Waals surface area (Å²) in [6.07, 6.45) is 19.6. The van der Waals surface area contributed by atoms with Crippen LogP contribution in [0.2, 0.25) is 0 Å². The van der Waals surface area contributed by atoms with Crippen molar-refractivity contribution >= 4 is 0 Å². The van der Waals surface area contributed by atoms with Crippen molar-refractivity contribution in [3.8, 4) is 5.75 Å². The Morgan fingerprint density at radius 1 is 0.731 bits per heavy atom. The van der Waals surface area contributed by atoms with E-state index < -0.39 is 0 Å². The number of hydrogen-bond acceptors (Lipinski definition) is 1. The van der Waals surface area contributed by atoms with E-state index in [4.69, 9.17) is 0 Å². The van der Waals surface area contributed by atoms with Crippen molar-refractivity contribution in [3.63, 3.8) is 0 Å². The van der Waals surface area contributed by atoms with Gasteiger partial charge in [-0.1, -0.05) is 50.7 Å². The van der Waals surface area contributed by atoms with E-state index in [1.54, 1.807) is 5.56 Å². The van der Waals surface area contributed by atoms with Gasteiger partial charge in [-0.3, -0.25) is 0 Å². The quantitative estimate of drug-likeness (QED) is 0.603. The van der Waals surface area contributed by atoms with Crippen molar-refractivity contribution in [1.29, 1.82) is 0 Å². The highest BCUT2D eigenvalue weighted by atomic mass is 16.3. The van der Waals surface area contributed by atoms with Crippen LogP contribution in [0.4, 0.5) is 0 Å². The van der Waals surface area contributed by atoms with Crippen molar-refractivity contribution in [1.82, 2.24) is 0 Å². The van der Waals surface area contributed by atoms with E-state index in [-0.39, 0.29) is 0 Å². The summed E-state index contributed by atoms with van der Waals surface area (Å²) < 4.78 is 0. The van der Waals surface area contributed by atoms with E-state index in [1.807, 2.05) is 0 Å². The number of benzene rings is 1. The van der Waals surface area contributed by atoms with Crippen LogP contribution in [0.5, 0.6) is 5.75 Å². The minimum absolute atomic E-state index is 0.454. The van der Waals surface area contributed by atoms with Crippen LogP contribution in [-0.4, -0.2) is 5.11 Å². The van der Waals surface area contributed by atoms with Crippen molar-refractivity contribution in [2.75, 3.05) is 0 Å². The van der Waals surface area contributed by atoms with Crippen LogP contribution in [0.1, 0.15) is 107 Å². The average Bonchev–Trinajstić information content (AvgIpc) is 2.75. The van der Waals surface area contributed by atoms with Crippen molar-refractivity contribution in [3.05, 3.63) is 29.3 Å². The molecule has 6 rings (SSSR count). The SMILES string of the molecule is Oc1ccc(C23CC4CC(CC(C4)C2)C3)cc1C1CCCCCCCC1. The van der Waals surface area contributed by atoms with E-state index in [0.29, 0.717) is 17.1 Å². The number of rotatable bonds is 2. The Morgan fingerprint density at radius 3 is 1.85 bits per heavy atom. The first kappa shape index (κ1) is 17.1. The molecule has 0 radical (unpaired) electrons. The third kappa shape index (κ3) is 3.10. The first-order valence-electron chi connectivity index (χ1n) is 11.6. The second kappa shape index (κ2) is 6.88. The summed E-state index contributed by atoms with van der Waals surface area (Å²) in [5.41, 5.74) is 3.33. The zero-order valence-corrected chi connectivity index (χ0v) is 16.4. The fourth-order valence-corrected chi connectivity index (χ4v) is 7.62. The standard InChI is InChI=1S/C25H36O/c26-24-10-9-22(14-23(24)21-7-5-3-1-2-4-6-8-21)25-15-18-11-19(16-25)13-20(12-18)17-25/h9-10,14,18-21,26H,1-8,11-13,15-17H2. The zero-order valence-electron chi connectivity index (χ0n) is 16.4. The maximum Gasteiger partial charge on any atom is 0.119 e.